The van der Waals surface area contributed by atoms with E-state index < -0.39 is 26.3 Å². The van der Waals surface area contributed by atoms with E-state index in [0.717, 1.165) is 30.3 Å². The number of nitrogens with zero attached hydrogens (tertiary/aromatic N) is 2. The Morgan fingerprint density at radius 3 is 2.50 bits per heavy atom. The quantitative estimate of drug-likeness (QED) is 0.779. The van der Waals surface area contributed by atoms with Crippen LogP contribution in [-0.2, 0) is 9.84 Å². The van der Waals surface area contributed by atoms with Crippen LogP contribution < -0.4 is 4.74 Å². The van der Waals surface area contributed by atoms with Gasteiger partial charge in [-0.05, 0) is 30.3 Å². The molecule has 2 aromatic rings. The van der Waals surface area contributed by atoms with Crippen LogP contribution in [0.3, 0.4) is 0 Å². The third-order valence-corrected chi connectivity index (χ3v) is 4.23. The Morgan fingerprint density at radius 1 is 1.21 bits per heavy atom. The molecular weight excluding hydrogens is 345 g/mol. The van der Waals surface area contributed by atoms with Crippen molar-refractivity contribution in [1.29, 1.82) is 5.26 Å². The Hall–Kier alpha value is -3.04. The summed E-state index contributed by atoms with van der Waals surface area (Å²) >= 11 is 0. The molecular formula is C15H7F3N2O3S. The summed E-state index contributed by atoms with van der Waals surface area (Å²) in [6.45, 7) is 6.84. The van der Waals surface area contributed by atoms with Crippen molar-refractivity contribution in [2.45, 2.75) is 10.7 Å². The van der Waals surface area contributed by atoms with Crippen molar-refractivity contribution >= 4 is 15.5 Å². The standard InChI is InChI=1S/C15H7F3N2O3S/c1-20-11-5-10(16)6-12(7-11)23-14-3-2-13(4-9(14)8-19)24(21,22)15(17)18/h2-7,15H. The van der Waals surface area contributed by atoms with E-state index in [4.69, 9.17) is 16.6 Å². The zero-order valence-corrected chi connectivity index (χ0v) is 12.5. The molecule has 5 nitrogen and oxygen atoms in total. The second-order valence-electron chi connectivity index (χ2n) is 4.43. The summed E-state index contributed by atoms with van der Waals surface area (Å²) in [5.74, 6) is -4.62. The molecule has 0 fully saturated rings. The molecule has 0 amide bonds. The van der Waals surface area contributed by atoms with Gasteiger partial charge < -0.3 is 4.74 Å². The highest BCUT2D eigenvalue weighted by Gasteiger charge is 2.27. The molecule has 0 unspecified atom stereocenters. The molecule has 2 aromatic carbocycles. The van der Waals surface area contributed by atoms with Crippen LogP contribution in [0, 0.1) is 23.7 Å². The third-order valence-electron chi connectivity index (χ3n) is 2.85. The van der Waals surface area contributed by atoms with E-state index in [0.29, 0.717) is 0 Å². The van der Waals surface area contributed by atoms with Gasteiger partial charge in [0.1, 0.15) is 23.4 Å². The van der Waals surface area contributed by atoms with Crippen LogP contribution in [0.1, 0.15) is 5.56 Å². The van der Waals surface area contributed by atoms with E-state index in [-0.39, 0.29) is 22.7 Å². The molecule has 0 saturated heterocycles. The summed E-state index contributed by atoms with van der Waals surface area (Å²) in [7, 11) is -4.86. The number of rotatable bonds is 4. The van der Waals surface area contributed by atoms with Gasteiger partial charge in [-0.25, -0.2) is 17.7 Å². The molecule has 0 aliphatic rings. The van der Waals surface area contributed by atoms with Crippen LogP contribution in [0.25, 0.3) is 4.85 Å². The van der Waals surface area contributed by atoms with Crippen molar-refractivity contribution in [3.63, 3.8) is 0 Å². The highest BCUT2D eigenvalue weighted by Crippen LogP contribution is 2.31. The average molecular weight is 352 g/mol. The van der Waals surface area contributed by atoms with Crippen molar-refractivity contribution in [1.82, 2.24) is 0 Å². The highest BCUT2D eigenvalue weighted by atomic mass is 32.2. The molecule has 0 aromatic heterocycles. The van der Waals surface area contributed by atoms with Crippen LogP contribution in [-0.4, -0.2) is 14.2 Å². The van der Waals surface area contributed by atoms with Gasteiger partial charge in [-0.3, -0.25) is 0 Å². The summed E-state index contributed by atoms with van der Waals surface area (Å²) in [5, 5.41) is 9.05. The minimum atomic E-state index is -4.86. The van der Waals surface area contributed by atoms with E-state index in [2.05, 4.69) is 4.85 Å². The molecule has 0 atom stereocenters. The third kappa shape index (κ3) is 3.47. The predicted octanol–water partition coefficient (Wildman–Crippen LogP) is 4.04. The molecule has 0 N–H and O–H groups in total. The smallest absolute Gasteiger partial charge is 0.341 e. The Morgan fingerprint density at radius 2 is 1.92 bits per heavy atom. The topological polar surface area (TPSA) is 71.5 Å². The SMILES string of the molecule is [C-]#[N+]c1cc(F)cc(Oc2ccc(S(=O)(=O)C(F)F)cc2C#N)c1. The molecule has 0 saturated carbocycles. The molecule has 24 heavy (non-hydrogen) atoms. The molecule has 0 aliphatic heterocycles. The van der Waals surface area contributed by atoms with Gasteiger partial charge in [0.25, 0.3) is 0 Å². The van der Waals surface area contributed by atoms with Crippen LogP contribution in [0.15, 0.2) is 41.3 Å². The minimum absolute atomic E-state index is 0.0413. The fourth-order valence-electron chi connectivity index (χ4n) is 1.76. The van der Waals surface area contributed by atoms with Gasteiger partial charge in [0, 0.05) is 6.07 Å². The first kappa shape index (κ1) is 17.3. The number of benzene rings is 2. The zero-order valence-electron chi connectivity index (χ0n) is 11.7. The molecule has 0 spiro atoms. The Bertz CT molecular complexity index is 976. The van der Waals surface area contributed by atoms with Gasteiger partial charge in [-0.2, -0.15) is 14.0 Å². The molecule has 0 aliphatic carbocycles. The van der Waals surface area contributed by atoms with Gasteiger partial charge in [-0.15, -0.1) is 0 Å². The maximum absolute atomic E-state index is 13.4. The summed E-state index contributed by atoms with van der Waals surface area (Å²) in [5.41, 5.74) is -0.370. The Kier molecular flexibility index (Phi) is 4.77. The van der Waals surface area contributed by atoms with E-state index in [9.17, 15) is 21.6 Å². The first-order valence-electron chi connectivity index (χ1n) is 6.20. The number of ether oxygens (including phenoxy) is 1. The van der Waals surface area contributed by atoms with E-state index >= 15 is 0 Å². The number of hydrogen-bond acceptors (Lipinski definition) is 4. The number of sulfone groups is 1. The zero-order chi connectivity index (χ0) is 17.9. The first-order chi connectivity index (χ1) is 11.3. The van der Waals surface area contributed by atoms with Crippen molar-refractivity contribution < 1.29 is 26.3 Å². The maximum Gasteiger partial charge on any atom is 0.341 e. The Balaban J connectivity index is 2.45. The van der Waals surface area contributed by atoms with E-state index in [1.54, 1.807) is 6.07 Å². The minimum Gasteiger partial charge on any atom is -0.457 e. The van der Waals surface area contributed by atoms with Crippen LogP contribution in [0.2, 0.25) is 0 Å². The summed E-state index contributed by atoms with van der Waals surface area (Å²) in [6.07, 6.45) is 0. The number of halogens is 3. The van der Waals surface area contributed by atoms with Gasteiger partial charge in [0.15, 0.2) is 5.69 Å². The largest absolute Gasteiger partial charge is 0.457 e. The van der Waals surface area contributed by atoms with Gasteiger partial charge in [0.05, 0.1) is 17.0 Å². The lowest BCUT2D eigenvalue weighted by atomic mass is 10.2. The maximum atomic E-state index is 13.4. The van der Waals surface area contributed by atoms with Crippen LogP contribution in [0.4, 0.5) is 18.9 Å². The fraction of sp³-hybridized carbons (Fsp3) is 0.0667. The number of hydrogen-bond donors (Lipinski definition) is 0. The molecule has 9 heteroatoms. The first-order valence-corrected chi connectivity index (χ1v) is 7.74. The van der Waals surface area contributed by atoms with Crippen molar-refractivity contribution in [3.8, 4) is 17.6 Å². The summed E-state index contributed by atoms with van der Waals surface area (Å²) < 4.78 is 66.5. The Labute approximate surface area is 135 Å². The second-order valence-corrected chi connectivity index (χ2v) is 6.35. The molecule has 0 heterocycles. The normalized spacial score (nSPS) is 10.9. The van der Waals surface area contributed by atoms with Crippen molar-refractivity contribution in [2.24, 2.45) is 0 Å². The van der Waals surface area contributed by atoms with Crippen molar-refractivity contribution in [3.05, 3.63) is 59.2 Å². The molecule has 2 rings (SSSR count). The molecule has 122 valence electrons. The number of alkyl halides is 2. The summed E-state index contributed by atoms with van der Waals surface area (Å²) in [6, 6.07) is 7.37. The van der Waals surface area contributed by atoms with Gasteiger partial charge in [-0.1, -0.05) is 0 Å². The van der Waals surface area contributed by atoms with Gasteiger partial charge >= 0.3 is 5.76 Å². The second kappa shape index (κ2) is 6.60. The summed E-state index contributed by atoms with van der Waals surface area (Å²) in [4.78, 5) is 2.31. The molecule has 0 bridgehead atoms. The molecule has 0 radical (unpaired) electrons. The lowest BCUT2D eigenvalue weighted by molar-refractivity contribution is 0.234. The average Bonchev–Trinajstić information content (AvgIpc) is 2.54. The lowest BCUT2D eigenvalue weighted by Gasteiger charge is -2.10. The highest BCUT2D eigenvalue weighted by molar-refractivity contribution is 7.91. The monoisotopic (exact) mass is 352 g/mol. The van der Waals surface area contributed by atoms with Crippen molar-refractivity contribution in [2.75, 3.05) is 0 Å². The van der Waals surface area contributed by atoms with E-state index in [1.807, 2.05) is 0 Å². The lowest BCUT2D eigenvalue weighted by Crippen LogP contribution is -2.11. The van der Waals surface area contributed by atoms with E-state index in [1.165, 1.54) is 6.07 Å². The number of nitriles is 1. The fourth-order valence-corrected chi connectivity index (χ4v) is 2.51. The predicted molar refractivity (Wildman–Crippen MR) is 77.1 cm³/mol. The van der Waals surface area contributed by atoms with Crippen LogP contribution >= 0.6 is 0 Å². The van der Waals surface area contributed by atoms with Crippen LogP contribution in [0.5, 0.6) is 11.5 Å². The van der Waals surface area contributed by atoms with Gasteiger partial charge in [0.2, 0.25) is 9.84 Å².